The maximum atomic E-state index is 12.9. The molecule has 0 bridgehead atoms. The lowest BCUT2D eigenvalue weighted by Crippen LogP contribution is -2.36. The zero-order valence-electron chi connectivity index (χ0n) is 16.3. The maximum Gasteiger partial charge on any atom is 0.254 e. The van der Waals surface area contributed by atoms with Gasteiger partial charge in [0.05, 0.1) is 23.6 Å². The van der Waals surface area contributed by atoms with Crippen LogP contribution >= 0.6 is 11.8 Å². The fourth-order valence-corrected chi connectivity index (χ4v) is 4.41. The lowest BCUT2D eigenvalue weighted by molar-refractivity contribution is 0.0930. The number of hydrogen-bond acceptors (Lipinski definition) is 7. The topological polar surface area (TPSA) is 84.4 Å². The van der Waals surface area contributed by atoms with Crippen LogP contribution in [-0.4, -0.2) is 40.6 Å². The van der Waals surface area contributed by atoms with Gasteiger partial charge in [-0.25, -0.2) is 4.98 Å². The molecule has 0 aliphatic carbocycles. The summed E-state index contributed by atoms with van der Waals surface area (Å²) in [5.74, 6) is 2.12. The molecule has 152 valence electrons. The molecule has 1 unspecified atom stereocenters. The fourth-order valence-electron chi connectivity index (χ4n) is 3.54. The molecule has 1 aliphatic heterocycles. The second-order valence-electron chi connectivity index (χ2n) is 7.06. The molecule has 3 aromatic heterocycles. The zero-order valence-corrected chi connectivity index (χ0v) is 17.2. The number of hydrogen-bond donors (Lipinski definition) is 1. The van der Waals surface area contributed by atoms with Gasteiger partial charge < -0.3 is 14.3 Å². The van der Waals surface area contributed by atoms with Crippen LogP contribution in [0.4, 0.5) is 0 Å². The van der Waals surface area contributed by atoms with Gasteiger partial charge in [-0.05, 0) is 57.1 Å². The average Bonchev–Trinajstić information content (AvgIpc) is 3.50. The Kier molecular flexibility index (Phi) is 6.31. The number of amides is 1. The van der Waals surface area contributed by atoms with E-state index in [2.05, 4.69) is 20.4 Å². The van der Waals surface area contributed by atoms with E-state index in [1.54, 1.807) is 24.6 Å². The standard InChI is InChI=1S/C21H24N4O3S/c1-15-12-16(24-28-15)14-29-21-17(6-4-8-22-21)20(26)23-13-18(19-7-5-11-27-19)25-9-2-3-10-25/h4-8,11-12,18H,2-3,9-10,13-14H2,1H3,(H,23,26). The summed E-state index contributed by atoms with van der Waals surface area (Å²) in [5.41, 5.74) is 1.40. The summed E-state index contributed by atoms with van der Waals surface area (Å²) in [4.78, 5) is 19.7. The van der Waals surface area contributed by atoms with E-state index >= 15 is 0 Å². The molecule has 4 heterocycles. The Balaban J connectivity index is 1.42. The summed E-state index contributed by atoms with van der Waals surface area (Å²) >= 11 is 1.48. The molecule has 7 nitrogen and oxygen atoms in total. The molecule has 8 heteroatoms. The number of nitrogens with zero attached hydrogens (tertiary/aromatic N) is 3. The first-order chi connectivity index (χ1) is 14.2. The Morgan fingerprint density at radius 2 is 2.17 bits per heavy atom. The minimum Gasteiger partial charge on any atom is -0.468 e. The molecule has 1 amide bonds. The molecule has 0 saturated carbocycles. The molecular weight excluding hydrogens is 388 g/mol. The van der Waals surface area contributed by atoms with E-state index in [0.29, 0.717) is 22.9 Å². The molecule has 3 aromatic rings. The third-order valence-corrected chi connectivity index (χ3v) is 6.00. The number of rotatable bonds is 8. The minimum atomic E-state index is -0.132. The predicted molar refractivity (Wildman–Crippen MR) is 110 cm³/mol. The SMILES string of the molecule is Cc1cc(CSc2ncccc2C(=O)NCC(c2ccco2)N2CCCC2)no1. The largest absolute Gasteiger partial charge is 0.468 e. The van der Waals surface area contributed by atoms with Crippen LogP contribution in [0.5, 0.6) is 0 Å². The number of furan rings is 1. The summed E-state index contributed by atoms with van der Waals surface area (Å²) in [6, 6.07) is 9.38. The van der Waals surface area contributed by atoms with Crippen LogP contribution < -0.4 is 5.32 Å². The van der Waals surface area contributed by atoms with E-state index in [1.807, 2.05) is 25.1 Å². The van der Waals surface area contributed by atoms with E-state index in [4.69, 9.17) is 8.94 Å². The van der Waals surface area contributed by atoms with Crippen molar-refractivity contribution >= 4 is 17.7 Å². The van der Waals surface area contributed by atoms with E-state index < -0.39 is 0 Å². The molecule has 0 spiro atoms. The number of likely N-dealkylation sites (tertiary alicyclic amines) is 1. The molecule has 4 rings (SSSR count). The highest BCUT2D eigenvalue weighted by atomic mass is 32.2. The van der Waals surface area contributed by atoms with Crippen molar-refractivity contribution < 1.29 is 13.7 Å². The number of carbonyl (C=O) groups is 1. The highest BCUT2D eigenvalue weighted by Gasteiger charge is 2.26. The van der Waals surface area contributed by atoms with Gasteiger partial charge in [0.15, 0.2) is 0 Å². The number of aryl methyl sites for hydroxylation is 1. The predicted octanol–water partition coefficient (Wildman–Crippen LogP) is 3.83. The normalized spacial score (nSPS) is 15.5. The van der Waals surface area contributed by atoms with Crippen molar-refractivity contribution in [1.82, 2.24) is 20.4 Å². The van der Waals surface area contributed by atoms with Crippen LogP contribution in [0.3, 0.4) is 0 Å². The number of thioether (sulfide) groups is 1. The van der Waals surface area contributed by atoms with Crippen LogP contribution in [0.15, 0.2) is 56.8 Å². The van der Waals surface area contributed by atoms with Crippen molar-refractivity contribution in [1.29, 1.82) is 0 Å². The van der Waals surface area contributed by atoms with Gasteiger partial charge in [-0.3, -0.25) is 9.69 Å². The van der Waals surface area contributed by atoms with Crippen LogP contribution in [0.25, 0.3) is 0 Å². The van der Waals surface area contributed by atoms with Crippen LogP contribution in [0.2, 0.25) is 0 Å². The molecule has 1 saturated heterocycles. The summed E-state index contributed by atoms with van der Waals surface area (Å²) in [5, 5.41) is 7.76. The van der Waals surface area contributed by atoms with Gasteiger partial charge in [0.1, 0.15) is 16.5 Å². The number of nitrogens with one attached hydrogen (secondary N) is 1. The monoisotopic (exact) mass is 412 g/mol. The Morgan fingerprint density at radius 1 is 1.31 bits per heavy atom. The van der Waals surface area contributed by atoms with Gasteiger partial charge in [0, 0.05) is 24.6 Å². The first-order valence-corrected chi connectivity index (χ1v) is 10.7. The first-order valence-electron chi connectivity index (χ1n) is 9.76. The van der Waals surface area contributed by atoms with Gasteiger partial charge in [-0.1, -0.05) is 16.9 Å². The average molecular weight is 413 g/mol. The van der Waals surface area contributed by atoms with Crippen molar-refractivity contribution in [2.24, 2.45) is 0 Å². The second kappa shape index (κ2) is 9.28. The molecule has 29 heavy (non-hydrogen) atoms. The number of aromatic nitrogens is 2. The lowest BCUT2D eigenvalue weighted by Gasteiger charge is -2.26. The van der Waals surface area contributed by atoms with Gasteiger partial charge >= 0.3 is 0 Å². The first kappa shape index (κ1) is 19.7. The Morgan fingerprint density at radius 3 is 2.90 bits per heavy atom. The quantitative estimate of drug-likeness (QED) is 0.563. The molecule has 0 aromatic carbocycles. The van der Waals surface area contributed by atoms with Crippen molar-refractivity contribution in [3.05, 3.63) is 65.6 Å². The van der Waals surface area contributed by atoms with Crippen LogP contribution in [-0.2, 0) is 5.75 Å². The van der Waals surface area contributed by atoms with E-state index in [0.717, 1.165) is 30.3 Å². The third-order valence-electron chi connectivity index (χ3n) is 4.96. The summed E-state index contributed by atoms with van der Waals surface area (Å²) in [6.45, 7) is 4.39. The molecule has 1 N–H and O–H groups in total. The molecule has 0 radical (unpaired) electrons. The van der Waals surface area contributed by atoms with Crippen molar-refractivity contribution in [2.45, 2.75) is 36.6 Å². The Bertz CT molecular complexity index is 935. The maximum absolute atomic E-state index is 12.9. The van der Waals surface area contributed by atoms with Gasteiger partial charge in [0.25, 0.3) is 5.91 Å². The molecule has 1 aliphatic rings. The lowest BCUT2D eigenvalue weighted by atomic mass is 10.2. The van der Waals surface area contributed by atoms with E-state index in [1.165, 1.54) is 24.6 Å². The minimum absolute atomic E-state index is 0.0438. The van der Waals surface area contributed by atoms with Crippen molar-refractivity contribution in [3.8, 4) is 0 Å². The summed E-state index contributed by atoms with van der Waals surface area (Å²) < 4.78 is 10.7. The van der Waals surface area contributed by atoms with Crippen molar-refractivity contribution in [3.63, 3.8) is 0 Å². The highest BCUT2D eigenvalue weighted by molar-refractivity contribution is 7.98. The molecule has 1 fully saturated rings. The third kappa shape index (κ3) is 4.89. The van der Waals surface area contributed by atoms with Crippen LogP contribution in [0.1, 0.15) is 46.5 Å². The number of pyridine rings is 1. The van der Waals surface area contributed by atoms with E-state index in [-0.39, 0.29) is 11.9 Å². The Labute approximate surface area is 173 Å². The van der Waals surface area contributed by atoms with Crippen LogP contribution in [0, 0.1) is 6.92 Å². The van der Waals surface area contributed by atoms with Gasteiger partial charge in [0.2, 0.25) is 0 Å². The Hall–Kier alpha value is -2.58. The number of carbonyl (C=O) groups excluding carboxylic acids is 1. The van der Waals surface area contributed by atoms with Crippen molar-refractivity contribution in [2.75, 3.05) is 19.6 Å². The highest BCUT2D eigenvalue weighted by Crippen LogP contribution is 2.26. The summed E-state index contributed by atoms with van der Waals surface area (Å²) in [7, 11) is 0. The zero-order chi connectivity index (χ0) is 20.1. The molecule has 1 atom stereocenters. The smallest absolute Gasteiger partial charge is 0.254 e. The van der Waals surface area contributed by atoms with E-state index in [9.17, 15) is 4.79 Å². The van der Waals surface area contributed by atoms with Gasteiger partial charge in [-0.2, -0.15) is 0 Å². The summed E-state index contributed by atoms with van der Waals surface area (Å²) in [6.07, 6.45) is 5.73. The second-order valence-corrected chi connectivity index (χ2v) is 8.02. The fraction of sp³-hybridized carbons (Fsp3) is 0.381. The molecular formula is C21H24N4O3S. The van der Waals surface area contributed by atoms with Gasteiger partial charge in [-0.15, -0.1) is 0 Å².